The van der Waals surface area contributed by atoms with Crippen LogP contribution in [0.3, 0.4) is 0 Å². The van der Waals surface area contributed by atoms with Gasteiger partial charge in [0.1, 0.15) is 11.5 Å². The maximum absolute atomic E-state index is 5.59. The summed E-state index contributed by atoms with van der Waals surface area (Å²) >= 11 is 3.51. The summed E-state index contributed by atoms with van der Waals surface area (Å²) in [6.45, 7) is 2.09. The zero-order chi connectivity index (χ0) is 9.26. The summed E-state index contributed by atoms with van der Waals surface area (Å²) in [5.74, 6) is 1.68. The van der Waals surface area contributed by atoms with Crippen molar-refractivity contribution in [2.75, 3.05) is 0 Å². The van der Waals surface area contributed by atoms with E-state index >= 15 is 0 Å². The maximum Gasteiger partial charge on any atom is 0.609 e. The van der Waals surface area contributed by atoms with E-state index in [9.17, 15) is 0 Å². The van der Waals surface area contributed by atoms with Crippen molar-refractivity contribution < 1.29 is 9.31 Å². The van der Waals surface area contributed by atoms with Crippen LogP contribution in [0, 0.1) is 0 Å². The van der Waals surface area contributed by atoms with Gasteiger partial charge in [-0.1, -0.05) is 35.0 Å². The molecule has 0 amide bonds. The van der Waals surface area contributed by atoms with Crippen molar-refractivity contribution in [1.29, 1.82) is 0 Å². The highest BCUT2D eigenvalue weighted by Gasteiger charge is 2.37. The van der Waals surface area contributed by atoms with Crippen LogP contribution in [0.15, 0.2) is 24.3 Å². The number of rotatable bonds is 2. The number of hydrogen-bond acceptors (Lipinski definition) is 2. The third kappa shape index (κ3) is 1.68. The van der Waals surface area contributed by atoms with Gasteiger partial charge in [0.05, 0.1) is 4.73 Å². The zero-order valence-corrected chi connectivity index (χ0v) is 8.95. The van der Waals surface area contributed by atoms with Crippen LogP contribution in [-0.2, 0) is 0 Å². The molecule has 0 spiro atoms. The molecular weight excluding hydrogens is 231 g/mol. The minimum absolute atomic E-state index is 0.178. The second-order valence-corrected chi connectivity index (χ2v) is 4.15. The van der Waals surface area contributed by atoms with Gasteiger partial charge in [-0.25, -0.2) is 0 Å². The first-order valence-corrected chi connectivity index (χ1v) is 5.29. The SMILES string of the molecule is CCC(Br)B1Oc2ccccc2O1. The van der Waals surface area contributed by atoms with E-state index in [1.54, 1.807) is 0 Å². The molecule has 2 nitrogen and oxygen atoms in total. The van der Waals surface area contributed by atoms with Gasteiger partial charge in [-0.2, -0.15) is 0 Å². The molecule has 0 bridgehead atoms. The molecule has 1 aliphatic rings. The van der Waals surface area contributed by atoms with E-state index in [1.165, 1.54) is 0 Å². The quantitative estimate of drug-likeness (QED) is 0.585. The lowest BCUT2D eigenvalue weighted by Gasteiger charge is -2.08. The van der Waals surface area contributed by atoms with Crippen molar-refractivity contribution in [2.24, 2.45) is 0 Å². The van der Waals surface area contributed by atoms with Gasteiger partial charge in [0.2, 0.25) is 0 Å². The number of para-hydroxylation sites is 2. The summed E-state index contributed by atoms with van der Waals surface area (Å²) in [6.07, 6.45) is 0.985. The molecule has 1 aromatic rings. The minimum atomic E-state index is -0.178. The molecule has 0 saturated heterocycles. The lowest BCUT2D eigenvalue weighted by Crippen LogP contribution is -2.35. The van der Waals surface area contributed by atoms with E-state index < -0.39 is 0 Å². The molecule has 4 heteroatoms. The molecule has 0 radical (unpaired) electrons. The van der Waals surface area contributed by atoms with Crippen LogP contribution in [0.1, 0.15) is 13.3 Å². The highest BCUT2D eigenvalue weighted by atomic mass is 79.9. The minimum Gasteiger partial charge on any atom is -0.522 e. The van der Waals surface area contributed by atoms with Gasteiger partial charge in [-0.3, -0.25) is 0 Å². The van der Waals surface area contributed by atoms with Gasteiger partial charge in [0.15, 0.2) is 0 Å². The summed E-state index contributed by atoms with van der Waals surface area (Å²) in [7, 11) is -0.178. The van der Waals surface area contributed by atoms with Crippen LogP contribution in [0.25, 0.3) is 0 Å². The van der Waals surface area contributed by atoms with E-state index in [0.29, 0.717) is 0 Å². The van der Waals surface area contributed by atoms with Crippen LogP contribution in [0.4, 0.5) is 0 Å². The molecule has 1 unspecified atom stereocenters. The second-order valence-electron chi connectivity index (χ2n) is 2.98. The standard InChI is InChI=1S/C9H10BBrO2/c1-2-9(11)10-12-7-5-3-4-6-8(7)13-10/h3-6,9H,2H2,1H3. The van der Waals surface area contributed by atoms with Crippen LogP contribution < -0.4 is 9.31 Å². The van der Waals surface area contributed by atoms with Crippen molar-refractivity contribution in [3.05, 3.63) is 24.3 Å². The topological polar surface area (TPSA) is 18.5 Å². The molecule has 1 heterocycles. The molecule has 0 N–H and O–H groups in total. The first-order valence-electron chi connectivity index (χ1n) is 4.37. The van der Waals surface area contributed by atoms with E-state index in [0.717, 1.165) is 17.9 Å². The normalized spacial score (nSPS) is 16.0. The smallest absolute Gasteiger partial charge is 0.522 e. The van der Waals surface area contributed by atoms with Crippen LogP contribution in [0.5, 0.6) is 11.5 Å². The Bertz CT molecular complexity index is 280. The molecule has 68 valence electrons. The van der Waals surface area contributed by atoms with Crippen molar-refractivity contribution in [1.82, 2.24) is 0 Å². The molecule has 0 aromatic heterocycles. The van der Waals surface area contributed by atoms with Gasteiger partial charge in [-0.15, -0.1) is 0 Å². The fourth-order valence-electron chi connectivity index (χ4n) is 1.26. The van der Waals surface area contributed by atoms with Crippen molar-refractivity contribution in [3.63, 3.8) is 0 Å². The lowest BCUT2D eigenvalue weighted by atomic mass is 9.83. The Hall–Kier alpha value is -0.635. The van der Waals surface area contributed by atoms with E-state index in [-0.39, 0.29) is 11.8 Å². The third-order valence-electron chi connectivity index (χ3n) is 2.02. The Morgan fingerprint density at radius 3 is 2.31 bits per heavy atom. The van der Waals surface area contributed by atoms with E-state index in [2.05, 4.69) is 22.9 Å². The first-order chi connectivity index (χ1) is 6.31. The predicted molar refractivity (Wildman–Crippen MR) is 56.5 cm³/mol. The first kappa shape index (κ1) is 8.94. The molecule has 13 heavy (non-hydrogen) atoms. The lowest BCUT2D eigenvalue weighted by molar-refractivity contribution is 0.492. The van der Waals surface area contributed by atoms with Crippen LogP contribution in [0.2, 0.25) is 0 Å². The Morgan fingerprint density at radius 1 is 1.31 bits per heavy atom. The second kappa shape index (κ2) is 3.62. The highest BCUT2D eigenvalue weighted by molar-refractivity contribution is 9.10. The fourth-order valence-corrected chi connectivity index (χ4v) is 1.48. The molecule has 0 aliphatic carbocycles. The summed E-state index contributed by atoms with van der Waals surface area (Å²) in [4.78, 5) is 0. The van der Waals surface area contributed by atoms with Crippen molar-refractivity contribution in [3.8, 4) is 11.5 Å². The van der Waals surface area contributed by atoms with Gasteiger partial charge in [0, 0.05) is 0 Å². The summed E-state index contributed by atoms with van der Waals surface area (Å²) in [5.41, 5.74) is 0. The monoisotopic (exact) mass is 240 g/mol. The summed E-state index contributed by atoms with van der Waals surface area (Å²) in [6, 6.07) is 7.73. The van der Waals surface area contributed by atoms with E-state index in [4.69, 9.17) is 9.31 Å². The van der Waals surface area contributed by atoms with Crippen molar-refractivity contribution in [2.45, 2.75) is 18.1 Å². The van der Waals surface area contributed by atoms with Gasteiger partial charge in [0.25, 0.3) is 0 Å². The fraction of sp³-hybridized carbons (Fsp3) is 0.333. The van der Waals surface area contributed by atoms with Gasteiger partial charge < -0.3 is 9.31 Å². The van der Waals surface area contributed by atoms with Crippen LogP contribution >= 0.6 is 15.9 Å². The number of halogens is 1. The number of hydrogen-bond donors (Lipinski definition) is 0. The largest absolute Gasteiger partial charge is 0.609 e. The molecule has 2 rings (SSSR count). The number of fused-ring (bicyclic) bond motifs is 1. The molecular formula is C9H10BBrO2. The van der Waals surface area contributed by atoms with Crippen molar-refractivity contribution >= 4 is 23.0 Å². The molecule has 1 aromatic carbocycles. The zero-order valence-electron chi connectivity index (χ0n) is 7.37. The Kier molecular flexibility index (Phi) is 2.49. The molecule has 0 saturated carbocycles. The molecule has 1 atom stereocenters. The number of benzene rings is 1. The number of alkyl halides is 1. The summed E-state index contributed by atoms with van der Waals surface area (Å²) < 4.78 is 11.4. The average Bonchev–Trinajstić information content (AvgIpc) is 2.59. The van der Waals surface area contributed by atoms with Crippen LogP contribution in [-0.4, -0.2) is 11.8 Å². The van der Waals surface area contributed by atoms with Gasteiger partial charge >= 0.3 is 7.12 Å². The average molecular weight is 241 g/mol. The maximum atomic E-state index is 5.59. The molecule has 1 aliphatic heterocycles. The Morgan fingerprint density at radius 2 is 1.85 bits per heavy atom. The third-order valence-corrected chi connectivity index (χ3v) is 3.10. The van der Waals surface area contributed by atoms with Gasteiger partial charge in [-0.05, 0) is 18.6 Å². The Balaban J connectivity index is 2.14. The summed E-state index contributed by atoms with van der Waals surface area (Å²) in [5, 5.41) is 0. The molecule has 0 fully saturated rings. The predicted octanol–water partition coefficient (Wildman–Crippen LogP) is 2.66. The highest BCUT2D eigenvalue weighted by Crippen LogP contribution is 2.34. The van der Waals surface area contributed by atoms with E-state index in [1.807, 2.05) is 24.3 Å². The Labute approximate surface area is 86.5 Å².